The lowest BCUT2D eigenvalue weighted by molar-refractivity contribution is 0.0904. The van der Waals surface area contributed by atoms with Gasteiger partial charge in [0.15, 0.2) is 0 Å². The van der Waals surface area contributed by atoms with Crippen LogP contribution < -0.4 is 5.32 Å². The van der Waals surface area contributed by atoms with Crippen LogP contribution in [0.5, 0.6) is 0 Å². The Labute approximate surface area is 117 Å². The van der Waals surface area contributed by atoms with Crippen LogP contribution in [-0.2, 0) is 4.74 Å². The second kappa shape index (κ2) is 8.31. The Morgan fingerprint density at radius 3 is 2.47 bits per heavy atom. The van der Waals surface area contributed by atoms with E-state index in [2.05, 4.69) is 45.1 Å². The molecule has 3 nitrogen and oxygen atoms in total. The summed E-state index contributed by atoms with van der Waals surface area (Å²) in [5.41, 5.74) is 5.42. The third-order valence-electron chi connectivity index (χ3n) is 3.50. The van der Waals surface area contributed by atoms with Crippen molar-refractivity contribution in [2.75, 3.05) is 26.4 Å². The summed E-state index contributed by atoms with van der Waals surface area (Å²) in [6.07, 6.45) is 0.966. The first-order chi connectivity index (χ1) is 9.06. The van der Waals surface area contributed by atoms with Crippen molar-refractivity contribution in [3.05, 3.63) is 34.4 Å². The Hall–Kier alpha value is -0.900. The van der Waals surface area contributed by atoms with Crippen LogP contribution in [0.4, 0.5) is 0 Å². The number of aryl methyl sites for hydroxylation is 3. The number of rotatable bonds is 8. The van der Waals surface area contributed by atoms with Gasteiger partial charge in [-0.3, -0.25) is 0 Å². The highest BCUT2D eigenvalue weighted by Gasteiger charge is 2.09. The normalized spacial score (nSPS) is 12.7. The van der Waals surface area contributed by atoms with Gasteiger partial charge in [-0.05, 0) is 62.9 Å². The van der Waals surface area contributed by atoms with Crippen molar-refractivity contribution < 1.29 is 9.84 Å². The minimum atomic E-state index is 0.103. The Balaban J connectivity index is 2.41. The summed E-state index contributed by atoms with van der Waals surface area (Å²) in [6.45, 7) is 10.9. The predicted octanol–water partition coefficient (Wildman–Crippen LogP) is 2.66. The lowest BCUT2D eigenvalue weighted by Crippen LogP contribution is -2.22. The van der Waals surface area contributed by atoms with Crippen LogP contribution >= 0.6 is 0 Å². The molecule has 1 unspecified atom stereocenters. The Morgan fingerprint density at radius 1 is 1.11 bits per heavy atom. The van der Waals surface area contributed by atoms with E-state index in [4.69, 9.17) is 9.84 Å². The van der Waals surface area contributed by atoms with Gasteiger partial charge in [0.25, 0.3) is 0 Å². The van der Waals surface area contributed by atoms with Crippen LogP contribution in [0.1, 0.15) is 41.6 Å². The van der Waals surface area contributed by atoms with E-state index < -0.39 is 0 Å². The van der Waals surface area contributed by atoms with Crippen LogP contribution in [0, 0.1) is 20.8 Å². The maximum Gasteiger partial charge on any atom is 0.0697 e. The minimum absolute atomic E-state index is 0.103. The third-order valence-corrected chi connectivity index (χ3v) is 3.50. The summed E-state index contributed by atoms with van der Waals surface area (Å²) in [5, 5.41) is 12.1. The molecule has 0 fully saturated rings. The van der Waals surface area contributed by atoms with Gasteiger partial charge in [0.05, 0.1) is 13.2 Å². The summed E-state index contributed by atoms with van der Waals surface area (Å²) in [7, 11) is 0. The molecule has 0 aliphatic heterocycles. The average Bonchev–Trinajstić information content (AvgIpc) is 2.37. The lowest BCUT2D eigenvalue weighted by Gasteiger charge is -2.18. The van der Waals surface area contributed by atoms with E-state index in [9.17, 15) is 0 Å². The number of aliphatic hydroxyl groups is 1. The van der Waals surface area contributed by atoms with Gasteiger partial charge in [-0.2, -0.15) is 0 Å². The molecule has 2 N–H and O–H groups in total. The zero-order valence-electron chi connectivity index (χ0n) is 12.6. The van der Waals surface area contributed by atoms with Gasteiger partial charge in [0, 0.05) is 12.6 Å². The van der Waals surface area contributed by atoms with Crippen LogP contribution in [0.15, 0.2) is 12.1 Å². The minimum Gasteiger partial charge on any atom is -0.394 e. The number of aliphatic hydroxyl groups excluding tert-OH is 1. The second-order valence-electron chi connectivity index (χ2n) is 5.16. The van der Waals surface area contributed by atoms with Gasteiger partial charge < -0.3 is 15.2 Å². The molecule has 0 saturated carbocycles. The fraction of sp³-hybridized carbons (Fsp3) is 0.625. The molecular weight excluding hydrogens is 238 g/mol. The predicted molar refractivity (Wildman–Crippen MR) is 79.6 cm³/mol. The monoisotopic (exact) mass is 265 g/mol. The lowest BCUT2D eigenvalue weighted by atomic mass is 9.96. The first kappa shape index (κ1) is 16.2. The molecule has 0 aromatic heterocycles. The molecule has 0 radical (unpaired) electrons. The quantitative estimate of drug-likeness (QED) is 0.710. The molecular formula is C16H27NO2. The molecule has 0 bridgehead atoms. The maximum absolute atomic E-state index is 8.60. The largest absolute Gasteiger partial charge is 0.394 e. The highest BCUT2D eigenvalue weighted by molar-refractivity contribution is 5.37. The number of nitrogens with one attached hydrogen (secondary N) is 1. The van der Waals surface area contributed by atoms with Gasteiger partial charge in [0.1, 0.15) is 0 Å². The van der Waals surface area contributed by atoms with Gasteiger partial charge in [-0.15, -0.1) is 0 Å². The second-order valence-corrected chi connectivity index (χ2v) is 5.16. The maximum atomic E-state index is 8.60. The molecule has 1 aromatic rings. The highest BCUT2D eigenvalue weighted by Crippen LogP contribution is 2.21. The van der Waals surface area contributed by atoms with E-state index >= 15 is 0 Å². The van der Waals surface area contributed by atoms with Crippen LogP contribution in [0.3, 0.4) is 0 Å². The molecule has 0 saturated heterocycles. The standard InChI is InChI=1S/C16H27NO2/c1-12-10-14(3)16(11-13(12)2)15(4)17-6-5-8-19-9-7-18/h10-11,15,17-18H,5-9H2,1-4H3. The number of benzene rings is 1. The van der Waals surface area contributed by atoms with Crippen molar-refractivity contribution in [1.29, 1.82) is 0 Å². The van der Waals surface area contributed by atoms with Gasteiger partial charge in [-0.25, -0.2) is 0 Å². The van der Waals surface area contributed by atoms with Gasteiger partial charge in [-0.1, -0.05) is 12.1 Å². The molecule has 0 aliphatic carbocycles. The summed E-state index contributed by atoms with van der Waals surface area (Å²) in [4.78, 5) is 0. The topological polar surface area (TPSA) is 41.5 Å². The smallest absolute Gasteiger partial charge is 0.0697 e. The molecule has 3 heteroatoms. The SMILES string of the molecule is Cc1cc(C)c(C(C)NCCCOCCO)cc1C. The van der Waals surface area contributed by atoms with Crippen LogP contribution in [-0.4, -0.2) is 31.5 Å². The van der Waals surface area contributed by atoms with E-state index in [1.807, 2.05) is 0 Å². The van der Waals surface area contributed by atoms with Crippen LogP contribution in [0.25, 0.3) is 0 Å². The molecule has 19 heavy (non-hydrogen) atoms. The van der Waals surface area contributed by atoms with E-state index in [0.717, 1.165) is 13.0 Å². The molecule has 0 heterocycles. The van der Waals surface area contributed by atoms with E-state index in [0.29, 0.717) is 19.3 Å². The van der Waals surface area contributed by atoms with Crippen LogP contribution in [0.2, 0.25) is 0 Å². The first-order valence-electron chi connectivity index (χ1n) is 7.06. The van der Waals surface area contributed by atoms with Gasteiger partial charge >= 0.3 is 0 Å². The molecule has 0 aliphatic rings. The molecule has 0 spiro atoms. The van der Waals surface area contributed by atoms with E-state index in [1.54, 1.807) is 0 Å². The van der Waals surface area contributed by atoms with Crippen molar-refractivity contribution in [1.82, 2.24) is 5.32 Å². The third kappa shape index (κ3) is 5.31. The van der Waals surface area contributed by atoms with Gasteiger partial charge in [0.2, 0.25) is 0 Å². The van der Waals surface area contributed by atoms with Crippen molar-refractivity contribution in [3.8, 4) is 0 Å². The molecule has 1 atom stereocenters. The van der Waals surface area contributed by atoms with Crippen molar-refractivity contribution in [2.24, 2.45) is 0 Å². The summed E-state index contributed by atoms with van der Waals surface area (Å²) < 4.78 is 5.24. The number of hydrogen-bond acceptors (Lipinski definition) is 3. The summed E-state index contributed by atoms with van der Waals surface area (Å²) in [6, 6.07) is 4.90. The van der Waals surface area contributed by atoms with E-state index in [-0.39, 0.29) is 6.61 Å². The zero-order valence-corrected chi connectivity index (χ0v) is 12.6. The zero-order chi connectivity index (χ0) is 14.3. The fourth-order valence-corrected chi connectivity index (χ4v) is 2.22. The highest BCUT2D eigenvalue weighted by atomic mass is 16.5. The van der Waals surface area contributed by atoms with E-state index in [1.165, 1.54) is 22.3 Å². The Kier molecular flexibility index (Phi) is 7.06. The molecule has 1 rings (SSSR count). The van der Waals surface area contributed by atoms with Crippen molar-refractivity contribution >= 4 is 0 Å². The first-order valence-corrected chi connectivity index (χ1v) is 7.06. The average molecular weight is 265 g/mol. The fourth-order valence-electron chi connectivity index (χ4n) is 2.22. The number of hydrogen-bond donors (Lipinski definition) is 2. The van der Waals surface area contributed by atoms with Crippen molar-refractivity contribution in [3.63, 3.8) is 0 Å². The molecule has 1 aromatic carbocycles. The van der Waals surface area contributed by atoms with Crippen molar-refractivity contribution in [2.45, 2.75) is 40.2 Å². The summed E-state index contributed by atoms with van der Waals surface area (Å²) in [5.74, 6) is 0. The molecule has 108 valence electrons. The summed E-state index contributed by atoms with van der Waals surface area (Å²) >= 11 is 0. The Bertz CT molecular complexity index is 391. The number of ether oxygens (including phenoxy) is 1. The molecule has 0 amide bonds. The Morgan fingerprint density at radius 2 is 1.79 bits per heavy atom.